The summed E-state index contributed by atoms with van der Waals surface area (Å²) in [7, 11) is 0. The molecule has 0 aliphatic heterocycles. The van der Waals surface area contributed by atoms with E-state index in [9.17, 15) is 5.11 Å². The highest BCUT2D eigenvalue weighted by molar-refractivity contribution is 5.15. The predicted octanol–water partition coefficient (Wildman–Crippen LogP) is 1.91. The summed E-state index contributed by atoms with van der Waals surface area (Å²) in [6.45, 7) is 3.28. The molecule has 14 heavy (non-hydrogen) atoms. The number of aliphatic hydroxyl groups is 1. The predicted molar refractivity (Wildman–Crippen MR) is 57.9 cm³/mol. The van der Waals surface area contributed by atoms with Gasteiger partial charge < -0.3 is 10.8 Å². The molecule has 2 fully saturated rings. The first kappa shape index (κ1) is 10.4. The Morgan fingerprint density at radius 1 is 1.36 bits per heavy atom. The summed E-state index contributed by atoms with van der Waals surface area (Å²) in [4.78, 5) is 0. The first-order valence-corrected chi connectivity index (χ1v) is 6.03. The normalized spacial score (nSPS) is 46.9. The highest BCUT2D eigenvalue weighted by Gasteiger charge is 2.65. The molecular weight excluding hydrogens is 174 g/mol. The molecule has 2 rings (SSSR count). The van der Waals surface area contributed by atoms with Crippen LogP contribution in [0.5, 0.6) is 0 Å². The second-order valence-corrected chi connectivity index (χ2v) is 5.45. The van der Waals surface area contributed by atoms with Crippen molar-refractivity contribution < 1.29 is 5.11 Å². The van der Waals surface area contributed by atoms with Gasteiger partial charge in [0.1, 0.15) is 0 Å². The second-order valence-electron chi connectivity index (χ2n) is 5.45. The molecule has 0 heterocycles. The van der Waals surface area contributed by atoms with Crippen LogP contribution < -0.4 is 5.73 Å². The number of rotatable bonds is 3. The Bertz CT molecular complexity index is 202. The van der Waals surface area contributed by atoms with Crippen LogP contribution in [0.15, 0.2) is 0 Å². The van der Waals surface area contributed by atoms with E-state index in [-0.39, 0.29) is 5.41 Å². The SMILES string of the molecule is CCC1CCC2(CC1)CC2(CN)CO. The van der Waals surface area contributed by atoms with Crippen LogP contribution in [0, 0.1) is 16.7 Å². The third-order valence-electron chi connectivity index (χ3n) is 5.01. The van der Waals surface area contributed by atoms with Crippen LogP contribution in [-0.4, -0.2) is 18.3 Å². The zero-order valence-electron chi connectivity index (χ0n) is 9.26. The average Bonchev–Trinajstić information content (AvgIpc) is 2.88. The molecule has 0 amide bonds. The van der Waals surface area contributed by atoms with Crippen molar-refractivity contribution in [3.05, 3.63) is 0 Å². The lowest BCUT2D eigenvalue weighted by atomic mass is 9.74. The van der Waals surface area contributed by atoms with Crippen molar-refractivity contribution in [1.29, 1.82) is 0 Å². The fourth-order valence-electron chi connectivity index (χ4n) is 3.53. The average molecular weight is 197 g/mol. The van der Waals surface area contributed by atoms with E-state index in [0.717, 1.165) is 5.92 Å². The molecule has 1 atom stereocenters. The standard InChI is InChI=1S/C12H23NO/c1-2-10-3-5-11(6-4-10)7-12(11,8-13)9-14/h10,14H,2-9,13H2,1H3. The third kappa shape index (κ3) is 1.31. The molecule has 0 radical (unpaired) electrons. The van der Waals surface area contributed by atoms with Gasteiger partial charge in [0, 0.05) is 12.0 Å². The lowest BCUT2D eigenvalue weighted by molar-refractivity contribution is 0.135. The van der Waals surface area contributed by atoms with Gasteiger partial charge in [-0.3, -0.25) is 0 Å². The Morgan fingerprint density at radius 2 is 2.00 bits per heavy atom. The van der Waals surface area contributed by atoms with Gasteiger partial charge in [-0.1, -0.05) is 13.3 Å². The first-order chi connectivity index (χ1) is 6.72. The first-order valence-electron chi connectivity index (χ1n) is 6.03. The summed E-state index contributed by atoms with van der Waals surface area (Å²) in [5.41, 5.74) is 6.36. The maximum atomic E-state index is 9.42. The number of hydrogen-bond acceptors (Lipinski definition) is 2. The molecule has 0 aromatic carbocycles. The van der Waals surface area contributed by atoms with E-state index in [1.807, 2.05) is 0 Å². The molecule has 2 heteroatoms. The van der Waals surface area contributed by atoms with Crippen LogP contribution in [0.2, 0.25) is 0 Å². The molecule has 0 aromatic rings. The Hall–Kier alpha value is -0.0800. The van der Waals surface area contributed by atoms with Crippen molar-refractivity contribution in [2.45, 2.75) is 45.4 Å². The highest BCUT2D eigenvalue weighted by Crippen LogP contribution is 2.70. The van der Waals surface area contributed by atoms with Crippen LogP contribution in [-0.2, 0) is 0 Å². The molecule has 3 N–H and O–H groups in total. The van der Waals surface area contributed by atoms with Crippen molar-refractivity contribution in [3.63, 3.8) is 0 Å². The van der Waals surface area contributed by atoms with Gasteiger partial charge in [0.2, 0.25) is 0 Å². The Labute approximate surface area is 86.9 Å². The zero-order chi connectivity index (χ0) is 10.2. The van der Waals surface area contributed by atoms with Crippen LogP contribution in [0.4, 0.5) is 0 Å². The molecule has 0 bridgehead atoms. The summed E-state index contributed by atoms with van der Waals surface area (Å²) in [5, 5.41) is 9.42. The maximum absolute atomic E-state index is 9.42. The molecule has 2 aliphatic rings. The molecule has 82 valence electrons. The van der Waals surface area contributed by atoms with E-state index in [4.69, 9.17) is 5.73 Å². The van der Waals surface area contributed by atoms with Gasteiger partial charge in [-0.15, -0.1) is 0 Å². The van der Waals surface area contributed by atoms with Crippen LogP contribution in [0.3, 0.4) is 0 Å². The minimum absolute atomic E-state index is 0.117. The second kappa shape index (κ2) is 3.49. The van der Waals surface area contributed by atoms with Gasteiger partial charge in [0.25, 0.3) is 0 Å². The summed E-state index contributed by atoms with van der Waals surface area (Å²) in [6.07, 6.45) is 7.84. The van der Waals surface area contributed by atoms with Gasteiger partial charge in [-0.05, 0) is 43.4 Å². The molecular formula is C12H23NO. The topological polar surface area (TPSA) is 46.2 Å². The lowest BCUT2D eigenvalue weighted by Gasteiger charge is -2.32. The van der Waals surface area contributed by atoms with Gasteiger partial charge in [0.15, 0.2) is 0 Å². The van der Waals surface area contributed by atoms with Gasteiger partial charge in [-0.25, -0.2) is 0 Å². The summed E-state index contributed by atoms with van der Waals surface area (Å²) >= 11 is 0. The highest BCUT2D eigenvalue weighted by atomic mass is 16.3. The van der Waals surface area contributed by atoms with Gasteiger partial charge in [-0.2, -0.15) is 0 Å². The lowest BCUT2D eigenvalue weighted by Crippen LogP contribution is -2.30. The van der Waals surface area contributed by atoms with Crippen molar-refractivity contribution in [2.75, 3.05) is 13.2 Å². The minimum atomic E-state index is 0.117. The van der Waals surface area contributed by atoms with Crippen molar-refractivity contribution in [2.24, 2.45) is 22.5 Å². The van der Waals surface area contributed by atoms with E-state index < -0.39 is 0 Å². The number of nitrogens with two attached hydrogens (primary N) is 1. The molecule has 2 saturated carbocycles. The summed E-state index contributed by atoms with van der Waals surface area (Å²) < 4.78 is 0. The smallest absolute Gasteiger partial charge is 0.0505 e. The molecule has 0 aromatic heterocycles. The van der Waals surface area contributed by atoms with E-state index in [2.05, 4.69) is 6.92 Å². The molecule has 2 aliphatic carbocycles. The van der Waals surface area contributed by atoms with Crippen molar-refractivity contribution in [3.8, 4) is 0 Å². The van der Waals surface area contributed by atoms with Crippen LogP contribution in [0.25, 0.3) is 0 Å². The third-order valence-corrected chi connectivity index (χ3v) is 5.01. The Kier molecular flexibility index (Phi) is 2.61. The van der Waals surface area contributed by atoms with Crippen molar-refractivity contribution >= 4 is 0 Å². The van der Waals surface area contributed by atoms with Gasteiger partial charge in [0.05, 0.1) is 6.61 Å². The minimum Gasteiger partial charge on any atom is -0.396 e. The largest absolute Gasteiger partial charge is 0.396 e. The molecule has 1 spiro atoms. The Balaban J connectivity index is 1.96. The fourth-order valence-corrected chi connectivity index (χ4v) is 3.53. The molecule has 2 nitrogen and oxygen atoms in total. The summed E-state index contributed by atoms with van der Waals surface area (Å²) in [6, 6.07) is 0. The zero-order valence-corrected chi connectivity index (χ0v) is 9.26. The van der Waals surface area contributed by atoms with Gasteiger partial charge >= 0.3 is 0 Å². The van der Waals surface area contributed by atoms with Crippen LogP contribution in [0.1, 0.15) is 45.4 Å². The summed E-state index contributed by atoms with van der Waals surface area (Å²) in [5.74, 6) is 0.940. The van der Waals surface area contributed by atoms with Crippen molar-refractivity contribution in [1.82, 2.24) is 0 Å². The fraction of sp³-hybridized carbons (Fsp3) is 1.00. The maximum Gasteiger partial charge on any atom is 0.0505 e. The molecule has 0 saturated heterocycles. The number of hydrogen-bond donors (Lipinski definition) is 2. The van der Waals surface area contributed by atoms with E-state index >= 15 is 0 Å². The van der Waals surface area contributed by atoms with Crippen LogP contribution >= 0.6 is 0 Å². The number of aliphatic hydroxyl groups excluding tert-OH is 1. The van der Waals surface area contributed by atoms with E-state index in [1.165, 1.54) is 38.5 Å². The van der Waals surface area contributed by atoms with E-state index in [1.54, 1.807) is 0 Å². The Morgan fingerprint density at radius 3 is 2.36 bits per heavy atom. The quantitative estimate of drug-likeness (QED) is 0.726. The van der Waals surface area contributed by atoms with E-state index in [0.29, 0.717) is 18.6 Å². The monoisotopic (exact) mass is 197 g/mol. The molecule has 1 unspecified atom stereocenters.